The standard InChI is InChI=1S/C17H13Cl2N3O2/c18-13-2-4-14(5-3-13)22-8-7-16(21-22)11-1-6-15(19)12(9-11)10-20-17(23)24/h1-9,20H,10H2,(H,23,24). The highest BCUT2D eigenvalue weighted by Gasteiger charge is 2.08. The summed E-state index contributed by atoms with van der Waals surface area (Å²) >= 11 is 12.0. The smallest absolute Gasteiger partial charge is 0.404 e. The summed E-state index contributed by atoms with van der Waals surface area (Å²) in [6, 6.07) is 14.6. The summed E-state index contributed by atoms with van der Waals surface area (Å²) in [6.45, 7) is 0.139. The van der Waals surface area contributed by atoms with Crippen LogP contribution in [0.4, 0.5) is 4.79 Å². The molecule has 0 saturated heterocycles. The highest BCUT2D eigenvalue weighted by molar-refractivity contribution is 6.31. The zero-order chi connectivity index (χ0) is 17.1. The van der Waals surface area contributed by atoms with Gasteiger partial charge >= 0.3 is 6.09 Å². The van der Waals surface area contributed by atoms with E-state index in [1.165, 1.54) is 0 Å². The van der Waals surface area contributed by atoms with Crippen LogP contribution in [-0.2, 0) is 6.54 Å². The van der Waals surface area contributed by atoms with Gasteiger partial charge in [0.05, 0.1) is 11.4 Å². The number of hydrogen-bond acceptors (Lipinski definition) is 2. The molecule has 2 aromatic carbocycles. The predicted octanol–water partition coefficient (Wildman–Crippen LogP) is 4.61. The third-order valence-corrected chi connectivity index (χ3v) is 4.07. The van der Waals surface area contributed by atoms with Crippen molar-refractivity contribution in [1.29, 1.82) is 0 Å². The molecule has 1 heterocycles. The fraction of sp³-hybridized carbons (Fsp3) is 0.0588. The molecule has 0 radical (unpaired) electrons. The van der Waals surface area contributed by atoms with Crippen LogP contribution in [0.1, 0.15) is 5.56 Å². The van der Waals surface area contributed by atoms with E-state index in [4.69, 9.17) is 28.3 Å². The fourth-order valence-electron chi connectivity index (χ4n) is 2.26. The van der Waals surface area contributed by atoms with E-state index in [1.54, 1.807) is 22.9 Å². The van der Waals surface area contributed by atoms with Gasteiger partial charge in [0.2, 0.25) is 0 Å². The molecule has 0 saturated carbocycles. The van der Waals surface area contributed by atoms with Crippen molar-refractivity contribution in [1.82, 2.24) is 15.1 Å². The van der Waals surface area contributed by atoms with Gasteiger partial charge in [0.15, 0.2) is 0 Å². The molecule has 1 aromatic heterocycles. The number of nitrogens with one attached hydrogen (secondary N) is 1. The van der Waals surface area contributed by atoms with Gasteiger partial charge in [-0.15, -0.1) is 0 Å². The number of rotatable bonds is 4. The SMILES string of the molecule is O=C(O)NCc1cc(-c2ccn(-c3ccc(Cl)cc3)n2)ccc1Cl. The Morgan fingerprint density at radius 2 is 1.88 bits per heavy atom. The van der Waals surface area contributed by atoms with E-state index in [0.717, 1.165) is 16.9 Å². The van der Waals surface area contributed by atoms with E-state index in [2.05, 4.69) is 10.4 Å². The van der Waals surface area contributed by atoms with Crippen LogP contribution in [0.3, 0.4) is 0 Å². The van der Waals surface area contributed by atoms with Crippen molar-refractivity contribution < 1.29 is 9.90 Å². The van der Waals surface area contributed by atoms with E-state index in [-0.39, 0.29) is 6.54 Å². The van der Waals surface area contributed by atoms with Gasteiger partial charge in [0.25, 0.3) is 0 Å². The van der Waals surface area contributed by atoms with Gasteiger partial charge in [0, 0.05) is 28.4 Å². The number of carbonyl (C=O) groups is 1. The molecule has 0 fully saturated rings. The number of halogens is 2. The van der Waals surface area contributed by atoms with Gasteiger partial charge in [-0.1, -0.05) is 29.3 Å². The number of aromatic nitrogens is 2. The van der Waals surface area contributed by atoms with E-state index in [9.17, 15) is 4.79 Å². The molecule has 3 rings (SSSR count). The molecule has 3 aromatic rings. The van der Waals surface area contributed by atoms with Gasteiger partial charge in [-0.2, -0.15) is 5.10 Å². The Morgan fingerprint density at radius 3 is 2.58 bits per heavy atom. The lowest BCUT2D eigenvalue weighted by molar-refractivity contribution is 0.194. The summed E-state index contributed by atoms with van der Waals surface area (Å²) in [4.78, 5) is 10.6. The van der Waals surface area contributed by atoms with Crippen LogP contribution >= 0.6 is 23.2 Å². The minimum absolute atomic E-state index is 0.139. The van der Waals surface area contributed by atoms with E-state index in [1.807, 2.05) is 36.5 Å². The van der Waals surface area contributed by atoms with E-state index < -0.39 is 6.09 Å². The molecule has 0 aliphatic rings. The zero-order valence-corrected chi connectivity index (χ0v) is 13.9. The molecule has 0 spiro atoms. The molecule has 24 heavy (non-hydrogen) atoms. The second-order valence-corrected chi connectivity index (χ2v) is 5.93. The van der Waals surface area contributed by atoms with Crippen molar-refractivity contribution in [2.75, 3.05) is 0 Å². The average molecular weight is 362 g/mol. The first-order valence-corrected chi connectivity index (χ1v) is 7.86. The normalized spacial score (nSPS) is 10.6. The van der Waals surface area contributed by atoms with Crippen LogP contribution in [-0.4, -0.2) is 21.0 Å². The van der Waals surface area contributed by atoms with Crippen LogP contribution in [0.5, 0.6) is 0 Å². The molecule has 0 aliphatic carbocycles. The zero-order valence-electron chi connectivity index (χ0n) is 12.4. The second kappa shape index (κ2) is 6.95. The average Bonchev–Trinajstić information content (AvgIpc) is 3.04. The van der Waals surface area contributed by atoms with Crippen molar-refractivity contribution in [3.05, 3.63) is 70.3 Å². The Morgan fingerprint density at radius 1 is 1.12 bits per heavy atom. The second-order valence-electron chi connectivity index (χ2n) is 5.09. The number of carboxylic acid groups (broad SMARTS) is 1. The lowest BCUT2D eigenvalue weighted by Gasteiger charge is -2.06. The van der Waals surface area contributed by atoms with Gasteiger partial charge in [0.1, 0.15) is 0 Å². The first kappa shape index (κ1) is 16.4. The van der Waals surface area contributed by atoms with E-state index in [0.29, 0.717) is 15.6 Å². The molecule has 0 bridgehead atoms. The lowest BCUT2D eigenvalue weighted by atomic mass is 10.1. The van der Waals surface area contributed by atoms with Crippen LogP contribution in [0.2, 0.25) is 10.0 Å². The molecule has 0 atom stereocenters. The Balaban J connectivity index is 1.88. The first-order chi connectivity index (χ1) is 11.5. The molecule has 7 heteroatoms. The molecule has 0 unspecified atom stereocenters. The predicted molar refractivity (Wildman–Crippen MR) is 93.9 cm³/mol. The maximum Gasteiger partial charge on any atom is 0.404 e. The van der Waals surface area contributed by atoms with Crippen LogP contribution in [0.25, 0.3) is 16.9 Å². The maximum atomic E-state index is 10.6. The third-order valence-electron chi connectivity index (χ3n) is 3.45. The molecule has 0 aliphatic heterocycles. The van der Waals surface area contributed by atoms with Crippen LogP contribution < -0.4 is 5.32 Å². The lowest BCUT2D eigenvalue weighted by Crippen LogP contribution is -2.20. The largest absolute Gasteiger partial charge is 0.465 e. The molecule has 2 N–H and O–H groups in total. The number of benzene rings is 2. The number of amides is 1. The van der Waals surface area contributed by atoms with Crippen molar-refractivity contribution >= 4 is 29.3 Å². The highest BCUT2D eigenvalue weighted by atomic mass is 35.5. The quantitative estimate of drug-likeness (QED) is 0.712. The Hall–Kier alpha value is -2.50. The molecule has 5 nitrogen and oxygen atoms in total. The summed E-state index contributed by atoms with van der Waals surface area (Å²) in [5.41, 5.74) is 3.21. The minimum atomic E-state index is -1.09. The molecule has 1 amide bonds. The maximum absolute atomic E-state index is 10.6. The Kier molecular flexibility index (Phi) is 4.74. The molecule has 122 valence electrons. The first-order valence-electron chi connectivity index (χ1n) is 7.10. The van der Waals surface area contributed by atoms with Crippen LogP contribution in [0, 0.1) is 0 Å². The van der Waals surface area contributed by atoms with Gasteiger partial charge < -0.3 is 10.4 Å². The Labute approximate surface area is 148 Å². The van der Waals surface area contributed by atoms with Crippen molar-refractivity contribution in [3.8, 4) is 16.9 Å². The highest BCUT2D eigenvalue weighted by Crippen LogP contribution is 2.25. The van der Waals surface area contributed by atoms with Gasteiger partial charge in [-0.25, -0.2) is 9.48 Å². The van der Waals surface area contributed by atoms with Gasteiger partial charge in [-0.05, 0) is 48.0 Å². The fourth-order valence-corrected chi connectivity index (χ4v) is 2.57. The minimum Gasteiger partial charge on any atom is -0.465 e. The summed E-state index contributed by atoms with van der Waals surface area (Å²) in [7, 11) is 0. The summed E-state index contributed by atoms with van der Waals surface area (Å²) in [5.74, 6) is 0. The van der Waals surface area contributed by atoms with E-state index >= 15 is 0 Å². The number of hydrogen-bond donors (Lipinski definition) is 2. The van der Waals surface area contributed by atoms with Crippen molar-refractivity contribution in [3.63, 3.8) is 0 Å². The monoisotopic (exact) mass is 361 g/mol. The Bertz CT molecular complexity index is 876. The van der Waals surface area contributed by atoms with Crippen LogP contribution in [0.15, 0.2) is 54.7 Å². The summed E-state index contributed by atoms with van der Waals surface area (Å²) in [5, 5.41) is 16.7. The topological polar surface area (TPSA) is 67.2 Å². The van der Waals surface area contributed by atoms with Crippen molar-refractivity contribution in [2.24, 2.45) is 0 Å². The third kappa shape index (κ3) is 3.69. The number of nitrogens with zero attached hydrogens (tertiary/aromatic N) is 2. The summed E-state index contributed by atoms with van der Waals surface area (Å²) in [6.07, 6.45) is 0.756. The van der Waals surface area contributed by atoms with Gasteiger partial charge in [-0.3, -0.25) is 0 Å². The van der Waals surface area contributed by atoms with Crippen molar-refractivity contribution in [2.45, 2.75) is 6.54 Å². The summed E-state index contributed by atoms with van der Waals surface area (Å²) < 4.78 is 1.75. The molecular weight excluding hydrogens is 349 g/mol. The molecular formula is C17H13Cl2N3O2.